The van der Waals surface area contributed by atoms with E-state index in [1.165, 1.54) is 35.3 Å². The second kappa shape index (κ2) is 7.63. The molecule has 3 rings (SSSR count). The predicted octanol–water partition coefficient (Wildman–Crippen LogP) is 3.71. The third-order valence-corrected chi connectivity index (χ3v) is 5.35. The molecule has 10 heteroatoms. The van der Waals surface area contributed by atoms with Gasteiger partial charge in [0.1, 0.15) is 6.33 Å². The van der Waals surface area contributed by atoms with Crippen molar-refractivity contribution in [1.82, 2.24) is 14.8 Å². The summed E-state index contributed by atoms with van der Waals surface area (Å²) in [6, 6.07) is 11.2. The van der Waals surface area contributed by atoms with Crippen molar-refractivity contribution in [1.29, 1.82) is 0 Å². The highest BCUT2D eigenvalue weighted by Crippen LogP contribution is 2.29. The molecular weight excluding hydrogens is 393 g/mol. The molecule has 0 atom stereocenters. The Balaban J connectivity index is 1.73. The Morgan fingerprint density at radius 2 is 1.79 bits per heavy atom. The van der Waals surface area contributed by atoms with Crippen molar-refractivity contribution < 1.29 is 21.6 Å². The smallest absolute Gasteiger partial charge is 0.246 e. The largest absolute Gasteiger partial charge is 0.416 e. The van der Waals surface area contributed by atoms with Crippen molar-refractivity contribution in [3.05, 3.63) is 71.5 Å². The zero-order valence-electron chi connectivity index (χ0n) is 14.8. The highest BCUT2D eigenvalue weighted by atomic mass is 32.2. The van der Waals surface area contributed by atoms with Crippen molar-refractivity contribution in [2.24, 2.45) is 0 Å². The quantitative estimate of drug-likeness (QED) is 0.672. The Morgan fingerprint density at radius 3 is 2.43 bits per heavy atom. The number of nitrogens with zero attached hydrogens (tertiary/aromatic N) is 3. The molecule has 0 bridgehead atoms. The SMILES string of the molecule is CCc1ccc(S(=O)(=O)Nc2ncn(Cc3cccc(C(F)(F)F)c3)n2)cc1. The van der Waals surface area contributed by atoms with Crippen molar-refractivity contribution >= 4 is 16.0 Å². The number of nitrogens with one attached hydrogen (secondary N) is 1. The molecule has 0 radical (unpaired) electrons. The molecule has 0 saturated heterocycles. The maximum atomic E-state index is 12.8. The highest BCUT2D eigenvalue weighted by Gasteiger charge is 2.30. The molecule has 0 spiro atoms. The first-order valence-electron chi connectivity index (χ1n) is 8.35. The molecule has 2 aromatic carbocycles. The number of alkyl halides is 3. The zero-order valence-corrected chi connectivity index (χ0v) is 15.6. The Kier molecular flexibility index (Phi) is 5.41. The van der Waals surface area contributed by atoms with Gasteiger partial charge in [0.05, 0.1) is 17.0 Å². The molecule has 1 aromatic heterocycles. The molecule has 0 fully saturated rings. The van der Waals surface area contributed by atoms with E-state index in [2.05, 4.69) is 14.8 Å². The summed E-state index contributed by atoms with van der Waals surface area (Å²) in [5, 5.41) is 3.98. The number of anilines is 1. The van der Waals surface area contributed by atoms with E-state index in [1.807, 2.05) is 6.92 Å². The van der Waals surface area contributed by atoms with Crippen LogP contribution in [0.25, 0.3) is 0 Å². The molecule has 148 valence electrons. The summed E-state index contributed by atoms with van der Waals surface area (Å²) in [6.45, 7) is 1.98. The minimum absolute atomic E-state index is 0.0177. The molecule has 6 nitrogen and oxygen atoms in total. The van der Waals surface area contributed by atoms with E-state index in [-0.39, 0.29) is 17.4 Å². The molecule has 0 amide bonds. The Bertz CT molecular complexity index is 1060. The van der Waals surface area contributed by atoms with E-state index in [0.29, 0.717) is 5.56 Å². The van der Waals surface area contributed by atoms with Crippen molar-refractivity contribution in [2.45, 2.75) is 31.0 Å². The van der Waals surface area contributed by atoms with E-state index >= 15 is 0 Å². The average Bonchev–Trinajstić information content (AvgIpc) is 3.07. The number of aryl methyl sites for hydroxylation is 1. The second-order valence-electron chi connectivity index (χ2n) is 6.07. The van der Waals surface area contributed by atoms with Crippen LogP contribution in [0, 0.1) is 0 Å². The Hall–Kier alpha value is -2.88. The van der Waals surface area contributed by atoms with Crippen LogP contribution in [0.4, 0.5) is 19.1 Å². The summed E-state index contributed by atoms with van der Waals surface area (Å²) in [5.41, 5.74) is 0.605. The summed E-state index contributed by atoms with van der Waals surface area (Å²) in [6.07, 6.45) is -2.40. The second-order valence-corrected chi connectivity index (χ2v) is 7.75. The van der Waals surface area contributed by atoms with Crippen LogP contribution in [-0.4, -0.2) is 23.2 Å². The number of hydrogen-bond donors (Lipinski definition) is 1. The molecule has 28 heavy (non-hydrogen) atoms. The number of halogens is 3. The fraction of sp³-hybridized carbons (Fsp3) is 0.222. The van der Waals surface area contributed by atoms with E-state index in [0.717, 1.165) is 24.1 Å². The third-order valence-electron chi connectivity index (χ3n) is 4.00. The van der Waals surface area contributed by atoms with Gasteiger partial charge in [-0.15, -0.1) is 5.10 Å². The summed E-state index contributed by atoms with van der Waals surface area (Å²) in [4.78, 5) is 3.94. The fourth-order valence-corrected chi connectivity index (χ4v) is 3.48. The number of aromatic nitrogens is 3. The van der Waals surface area contributed by atoms with E-state index in [9.17, 15) is 21.6 Å². The molecule has 0 aliphatic heterocycles. The number of benzene rings is 2. The first kappa shape index (κ1) is 19.9. The van der Waals surface area contributed by atoms with Crippen LogP contribution >= 0.6 is 0 Å². The molecule has 1 N–H and O–H groups in total. The normalized spacial score (nSPS) is 12.1. The monoisotopic (exact) mass is 410 g/mol. The molecule has 0 saturated carbocycles. The predicted molar refractivity (Wildman–Crippen MR) is 97.2 cm³/mol. The molecule has 0 unspecified atom stereocenters. The molecule has 0 aliphatic carbocycles. The van der Waals surface area contributed by atoms with Gasteiger partial charge >= 0.3 is 6.18 Å². The minimum Gasteiger partial charge on any atom is -0.246 e. The van der Waals surface area contributed by atoms with Crippen molar-refractivity contribution in [3.63, 3.8) is 0 Å². The van der Waals surface area contributed by atoms with Gasteiger partial charge in [-0.2, -0.15) is 18.2 Å². The van der Waals surface area contributed by atoms with Crippen LogP contribution < -0.4 is 4.72 Å². The van der Waals surface area contributed by atoms with Gasteiger partial charge in [-0.1, -0.05) is 31.2 Å². The lowest BCUT2D eigenvalue weighted by molar-refractivity contribution is -0.137. The lowest BCUT2D eigenvalue weighted by Gasteiger charge is -2.08. The number of hydrogen-bond acceptors (Lipinski definition) is 4. The molecule has 1 heterocycles. The maximum absolute atomic E-state index is 12.8. The van der Waals surface area contributed by atoms with Crippen LogP contribution in [-0.2, 0) is 29.2 Å². The average molecular weight is 410 g/mol. The summed E-state index contributed by atoms with van der Waals surface area (Å²) >= 11 is 0. The van der Waals surface area contributed by atoms with Crippen LogP contribution in [0.3, 0.4) is 0 Å². The van der Waals surface area contributed by atoms with Crippen LogP contribution in [0.5, 0.6) is 0 Å². The van der Waals surface area contributed by atoms with Gasteiger partial charge in [-0.3, -0.25) is 0 Å². The minimum atomic E-state index is -4.44. The van der Waals surface area contributed by atoms with Gasteiger partial charge in [0, 0.05) is 0 Å². The van der Waals surface area contributed by atoms with Crippen LogP contribution in [0.1, 0.15) is 23.6 Å². The highest BCUT2D eigenvalue weighted by molar-refractivity contribution is 7.92. The molecular formula is C18H17F3N4O2S. The topological polar surface area (TPSA) is 76.9 Å². The number of sulfonamides is 1. The lowest BCUT2D eigenvalue weighted by Crippen LogP contribution is -2.14. The van der Waals surface area contributed by atoms with Crippen molar-refractivity contribution in [2.75, 3.05) is 4.72 Å². The van der Waals surface area contributed by atoms with Crippen LogP contribution in [0.15, 0.2) is 59.8 Å². The summed E-state index contributed by atoms with van der Waals surface area (Å²) in [7, 11) is -3.86. The lowest BCUT2D eigenvalue weighted by atomic mass is 10.1. The zero-order chi connectivity index (χ0) is 20.4. The van der Waals surface area contributed by atoms with E-state index < -0.39 is 21.8 Å². The molecule has 0 aliphatic rings. The Morgan fingerprint density at radius 1 is 1.07 bits per heavy atom. The Labute approximate surface area is 160 Å². The van der Waals surface area contributed by atoms with Gasteiger partial charge < -0.3 is 0 Å². The summed E-state index contributed by atoms with van der Waals surface area (Å²) in [5.74, 6) is -0.161. The first-order chi connectivity index (χ1) is 13.2. The van der Waals surface area contributed by atoms with Gasteiger partial charge in [0.2, 0.25) is 0 Å². The van der Waals surface area contributed by atoms with Crippen molar-refractivity contribution in [3.8, 4) is 0 Å². The molecule has 3 aromatic rings. The van der Waals surface area contributed by atoms with Gasteiger partial charge in [-0.05, 0) is 41.8 Å². The van der Waals surface area contributed by atoms with E-state index in [4.69, 9.17) is 0 Å². The third kappa shape index (κ3) is 4.69. The standard InChI is InChI=1S/C18H17F3N4O2S/c1-2-13-6-8-16(9-7-13)28(26,27)24-17-22-12-25(23-17)11-14-4-3-5-15(10-14)18(19,20)21/h3-10,12H,2,11H2,1H3,(H,23,24). The maximum Gasteiger partial charge on any atom is 0.416 e. The van der Waals surface area contributed by atoms with Gasteiger partial charge in [0.25, 0.3) is 16.0 Å². The van der Waals surface area contributed by atoms with Gasteiger partial charge in [0.15, 0.2) is 0 Å². The number of rotatable bonds is 6. The van der Waals surface area contributed by atoms with Crippen LogP contribution in [0.2, 0.25) is 0 Å². The first-order valence-corrected chi connectivity index (χ1v) is 9.83. The fourth-order valence-electron chi connectivity index (χ4n) is 2.53. The summed E-state index contributed by atoms with van der Waals surface area (Å²) < 4.78 is 66.7. The van der Waals surface area contributed by atoms with E-state index in [1.54, 1.807) is 12.1 Å². The van der Waals surface area contributed by atoms with Gasteiger partial charge in [-0.25, -0.2) is 17.8 Å².